The first-order valence-electron chi connectivity index (χ1n) is 9.05. The zero-order valence-corrected chi connectivity index (χ0v) is 19.8. The van der Waals surface area contributed by atoms with Crippen LogP contribution in [0.15, 0.2) is 50.8 Å². The minimum Gasteiger partial charge on any atom is -0.486 e. The first-order chi connectivity index (χ1) is 13.9. The largest absolute Gasteiger partial charge is 0.486 e. The summed E-state index contributed by atoms with van der Waals surface area (Å²) in [6, 6.07) is 11.3. The maximum absolute atomic E-state index is 12.6. The fourth-order valence-corrected chi connectivity index (χ4v) is 4.71. The maximum Gasteiger partial charge on any atom is 0.266 e. The van der Waals surface area contributed by atoms with E-state index < -0.39 is 0 Å². The van der Waals surface area contributed by atoms with Crippen LogP contribution in [0.25, 0.3) is 6.08 Å². The SMILES string of the molecule is CCN=C1S/C(=C/c2cc(Cl)c(OCc3ccc(Br)cc3)c(Cl)c2)C(=O)N1CC. The van der Waals surface area contributed by atoms with Crippen LogP contribution in [0.3, 0.4) is 0 Å². The van der Waals surface area contributed by atoms with Gasteiger partial charge in [0.2, 0.25) is 0 Å². The number of carbonyl (C=O) groups excluding carboxylic acids is 1. The van der Waals surface area contributed by atoms with Gasteiger partial charge in [-0.3, -0.25) is 14.7 Å². The Balaban J connectivity index is 1.80. The third-order valence-electron chi connectivity index (χ3n) is 4.11. The highest BCUT2D eigenvalue weighted by Crippen LogP contribution is 2.37. The van der Waals surface area contributed by atoms with Crippen molar-refractivity contribution in [2.45, 2.75) is 20.5 Å². The standard InChI is InChI=1S/C21H19BrCl2N2O2S/c1-3-25-21-26(4-2)20(27)18(29-21)11-14-9-16(23)19(17(24)10-14)28-12-13-5-7-15(22)8-6-13/h5-11H,3-4,12H2,1-2H3/b18-11+,25-21?. The number of amidine groups is 1. The minimum atomic E-state index is -0.0625. The first kappa shape index (κ1) is 22.2. The molecule has 1 amide bonds. The zero-order chi connectivity index (χ0) is 21.0. The number of carbonyl (C=O) groups is 1. The molecule has 0 N–H and O–H groups in total. The molecule has 0 radical (unpaired) electrons. The van der Waals surface area contributed by atoms with Crippen molar-refractivity contribution in [3.8, 4) is 5.75 Å². The van der Waals surface area contributed by atoms with E-state index in [1.54, 1.807) is 23.1 Å². The number of aliphatic imine (C=N–C) groups is 1. The van der Waals surface area contributed by atoms with Crippen LogP contribution in [0, 0.1) is 0 Å². The number of likely N-dealkylation sites (N-methyl/N-ethyl adjacent to an activating group) is 1. The predicted octanol–water partition coefficient (Wildman–Crippen LogP) is 6.65. The average molecular weight is 514 g/mol. The molecule has 0 aromatic heterocycles. The van der Waals surface area contributed by atoms with Crippen molar-refractivity contribution in [1.29, 1.82) is 0 Å². The average Bonchev–Trinajstić information content (AvgIpc) is 2.97. The van der Waals surface area contributed by atoms with E-state index >= 15 is 0 Å². The molecule has 2 aromatic rings. The molecule has 1 fully saturated rings. The molecular formula is C21H19BrCl2N2O2S. The second kappa shape index (κ2) is 10.0. The van der Waals surface area contributed by atoms with E-state index in [2.05, 4.69) is 20.9 Å². The summed E-state index contributed by atoms with van der Waals surface area (Å²) in [6.07, 6.45) is 1.78. The van der Waals surface area contributed by atoms with E-state index in [-0.39, 0.29) is 5.91 Å². The van der Waals surface area contributed by atoms with Gasteiger partial charge in [0.1, 0.15) is 6.61 Å². The van der Waals surface area contributed by atoms with Crippen molar-refractivity contribution in [3.63, 3.8) is 0 Å². The maximum atomic E-state index is 12.6. The summed E-state index contributed by atoms with van der Waals surface area (Å²) in [5, 5.41) is 1.51. The van der Waals surface area contributed by atoms with Crippen LogP contribution in [0.4, 0.5) is 0 Å². The second-order valence-corrected chi connectivity index (χ2v) is 8.88. The van der Waals surface area contributed by atoms with Crippen molar-refractivity contribution in [3.05, 3.63) is 66.9 Å². The van der Waals surface area contributed by atoms with E-state index in [1.165, 1.54) is 11.8 Å². The molecule has 0 atom stereocenters. The van der Waals surface area contributed by atoms with Crippen LogP contribution in [0.2, 0.25) is 10.0 Å². The van der Waals surface area contributed by atoms with Gasteiger partial charge in [-0.1, -0.05) is 51.3 Å². The molecule has 1 aliphatic rings. The molecule has 29 heavy (non-hydrogen) atoms. The van der Waals surface area contributed by atoms with Crippen molar-refractivity contribution in [2.24, 2.45) is 4.99 Å². The molecular weight excluding hydrogens is 495 g/mol. The predicted molar refractivity (Wildman–Crippen MR) is 126 cm³/mol. The summed E-state index contributed by atoms with van der Waals surface area (Å²) >= 11 is 17.6. The third kappa shape index (κ3) is 5.37. The Hall–Kier alpha value is -1.47. The summed E-state index contributed by atoms with van der Waals surface area (Å²) in [7, 11) is 0. The van der Waals surface area contributed by atoms with Gasteiger partial charge in [0.15, 0.2) is 10.9 Å². The zero-order valence-electron chi connectivity index (χ0n) is 15.9. The number of benzene rings is 2. The van der Waals surface area contributed by atoms with Crippen LogP contribution in [-0.4, -0.2) is 29.1 Å². The lowest BCUT2D eigenvalue weighted by Crippen LogP contribution is -2.28. The van der Waals surface area contributed by atoms with Gasteiger partial charge in [0, 0.05) is 17.6 Å². The van der Waals surface area contributed by atoms with Crippen molar-refractivity contribution in [2.75, 3.05) is 13.1 Å². The van der Waals surface area contributed by atoms with Gasteiger partial charge >= 0.3 is 0 Å². The highest BCUT2D eigenvalue weighted by molar-refractivity contribution is 9.10. The Morgan fingerprint density at radius 3 is 2.41 bits per heavy atom. The summed E-state index contributed by atoms with van der Waals surface area (Å²) in [6.45, 7) is 5.43. The van der Waals surface area contributed by atoms with E-state index in [1.807, 2.05) is 38.1 Å². The number of nitrogens with zero attached hydrogens (tertiary/aromatic N) is 2. The normalized spacial score (nSPS) is 16.9. The van der Waals surface area contributed by atoms with E-state index in [0.717, 1.165) is 20.8 Å². The Morgan fingerprint density at radius 1 is 1.17 bits per heavy atom. The molecule has 1 heterocycles. The smallest absolute Gasteiger partial charge is 0.266 e. The van der Waals surface area contributed by atoms with E-state index in [0.29, 0.717) is 40.4 Å². The van der Waals surface area contributed by atoms with Gasteiger partial charge in [-0.25, -0.2) is 0 Å². The van der Waals surface area contributed by atoms with Gasteiger partial charge in [-0.2, -0.15) is 0 Å². The van der Waals surface area contributed by atoms with Crippen molar-refractivity contribution in [1.82, 2.24) is 4.90 Å². The molecule has 0 spiro atoms. The molecule has 0 saturated carbocycles. The van der Waals surface area contributed by atoms with Gasteiger partial charge in [0.25, 0.3) is 5.91 Å². The first-order valence-corrected chi connectivity index (χ1v) is 11.4. The number of amides is 1. The monoisotopic (exact) mass is 512 g/mol. The van der Waals surface area contributed by atoms with E-state index in [4.69, 9.17) is 27.9 Å². The van der Waals surface area contributed by atoms with Gasteiger partial charge < -0.3 is 4.74 Å². The highest BCUT2D eigenvalue weighted by atomic mass is 79.9. The van der Waals surface area contributed by atoms with Crippen LogP contribution in [0.5, 0.6) is 5.75 Å². The lowest BCUT2D eigenvalue weighted by molar-refractivity contribution is -0.122. The number of hydrogen-bond donors (Lipinski definition) is 0. The molecule has 3 rings (SSSR count). The lowest BCUT2D eigenvalue weighted by Gasteiger charge is -2.12. The summed E-state index contributed by atoms with van der Waals surface area (Å²) < 4.78 is 6.83. The van der Waals surface area contributed by atoms with Gasteiger partial charge in [0.05, 0.1) is 15.0 Å². The number of hydrogen-bond acceptors (Lipinski definition) is 4. The Bertz CT molecular complexity index is 954. The van der Waals surface area contributed by atoms with Crippen LogP contribution in [-0.2, 0) is 11.4 Å². The highest BCUT2D eigenvalue weighted by Gasteiger charge is 2.31. The van der Waals surface area contributed by atoms with Crippen LogP contribution >= 0.6 is 50.9 Å². The molecule has 4 nitrogen and oxygen atoms in total. The molecule has 2 aromatic carbocycles. The number of thioether (sulfide) groups is 1. The third-order valence-corrected chi connectivity index (χ3v) is 6.25. The number of ether oxygens (including phenoxy) is 1. The molecule has 1 saturated heterocycles. The Labute approximate surface area is 193 Å². The van der Waals surface area contributed by atoms with Crippen LogP contribution < -0.4 is 4.74 Å². The second-order valence-electron chi connectivity index (χ2n) is 6.15. The van der Waals surface area contributed by atoms with E-state index in [9.17, 15) is 4.79 Å². The topological polar surface area (TPSA) is 41.9 Å². The fourth-order valence-electron chi connectivity index (χ4n) is 2.73. The number of rotatable bonds is 6. The van der Waals surface area contributed by atoms with Gasteiger partial charge in [-0.15, -0.1) is 0 Å². The Morgan fingerprint density at radius 2 is 1.83 bits per heavy atom. The van der Waals surface area contributed by atoms with Crippen molar-refractivity contribution < 1.29 is 9.53 Å². The fraction of sp³-hybridized carbons (Fsp3) is 0.238. The summed E-state index contributed by atoms with van der Waals surface area (Å²) in [5.74, 6) is 0.361. The van der Waals surface area contributed by atoms with Crippen molar-refractivity contribution >= 4 is 68.0 Å². The lowest BCUT2D eigenvalue weighted by atomic mass is 10.2. The molecule has 1 aliphatic heterocycles. The quantitative estimate of drug-likeness (QED) is 0.406. The minimum absolute atomic E-state index is 0.0625. The molecule has 0 aliphatic carbocycles. The van der Waals surface area contributed by atoms with Gasteiger partial charge in [-0.05, 0) is 67.1 Å². The summed E-state index contributed by atoms with van der Waals surface area (Å²) in [5.41, 5.74) is 1.74. The molecule has 0 bridgehead atoms. The molecule has 8 heteroatoms. The number of halogens is 3. The van der Waals surface area contributed by atoms with Crippen LogP contribution in [0.1, 0.15) is 25.0 Å². The Kier molecular flexibility index (Phi) is 7.68. The molecule has 0 unspecified atom stereocenters. The molecule has 152 valence electrons. The summed E-state index contributed by atoms with van der Waals surface area (Å²) in [4.78, 5) is 19.3.